The Morgan fingerprint density at radius 2 is 1.89 bits per heavy atom. The summed E-state index contributed by atoms with van der Waals surface area (Å²) in [6.45, 7) is 2.42. The maximum atomic E-state index is 6.02. The minimum atomic E-state index is 0.621. The van der Waals surface area contributed by atoms with Crippen molar-refractivity contribution in [3.05, 3.63) is 30.5 Å². The lowest BCUT2D eigenvalue weighted by atomic mass is 9.78. The first kappa shape index (κ1) is 11.1. The first-order valence-electron chi connectivity index (χ1n) is 7.16. The number of nitrogens with zero attached hydrogens (tertiary/aromatic N) is 2. The fraction of sp³-hybridized carbons (Fsp3) is 0.438. The summed E-state index contributed by atoms with van der Waals surface area (Å²) in [4.78, 5) is 6.91. The molecule has 0 amide bonds. The molecule has 2 heterocycles. The van der Waals surface area contributed by atoms with Crippen molar-refractivity contribution >= 4 is 22.3 Å². The molecule has 2 fully saturated rings. The molecule has 1 saturated heterocycles. The minimum absolute atomic E-state index is 0.621. The summed E-state index contributed by atoms with van der Waals surface area (Å²) in [6, 6.07) is 8.27. The van der Waals surface area contributed by atoms with E-state index in [0.29, 0.717) is 5.41 Å². The van der Waals surface area contributed by atoms with Gasteiger partial charge in [0.25, 0.3) is 0 Å². The Morgan fingerprint density at radius 1 is 1.11 bits per heavy atom. The molecule has 1 aliphatic carbocycles. The summed E-state index contributed by atoms with van der Waals surface area (Å²) >= 11 is 0. The molecule has 2 N–H and O–H groups in total. The maximum Gasteiger partial charge on any atom is 0.0951 e. The van der Waals surface area contributed by atoms with Crippen molar-refractivity contribution in [1.82, 2.24) is 4.98 Å². The Kier molecular flexibility index (Phi) is 2.25. The molecule has 0 bridgehead atoms. The van der Waals surface area contributed by atoms with Crippen molar-refractivity contribution in [2.24, 2.45) is 5.41 Å². The van der Waals surface area contributed by atoms with Crippen LogP contribution in [0.15, 0.2) is 30.5 Å². The van der Waals surface area contributed by atoms with Gasteiger partial charge < -0.3 is 10.6 Å². The highest BCUT2D eigenvalue weighted by atomic mass is 15.2. The summed E-state index contributed by atoms with van der Waals surface area (Å²) in [7, 11) is 0. The quantitative estimate of drug-likeness (QED) is 0.794. The molecule has 2 aliphatic rings. The van der Waals surface area contributed by atoms with E-state index in [1.807, 2.05) is 18.3 Å². The molecule has 1 spiro atoms. The van der Waals surface area contributed by atoms with Crippen LogP contribution in [0.2, 0.25) is 0 Å². The van der Waals surface area contributed by atoms with Gasteiger partial charge in [-0.05, 0) is 37.1 Å². The summed E-state index contributed by atoms with van der Waals surface area (Å²) in [5, 5.41) is 1.19. The van der Waals surface area contributed by atoms with Gasteiger partial charge in [-0.25, -0.2) is 0 Å². The first-order valence-corrected chi connectivity index (χ1v) is 7.16. The van der Waals surface area contributed by atoms with Crippen molar-refractivity contribution < 1.29 is 0 Å². The zero-order chi connectivity index (χ0) is 12.9. The molecule has 0 atom stereocenters. The van der Waals surface area contributed by atoms with Crippen LogP contribution < -0.4 is 10.6 Å². The Bertz CT molecular complexity index is 621. The molecular formula is C16H19N3. The SMILES string of the molecule is Nc1ccc(N2CC3(CCCC3)C2)c2cccnc12. The molecule has 4 rings (SSSR count). The zero-order valence-corrected chi connectivity index (χ0v) is 11.1. The Balaban J connectivity index is 1.71. The van der Waals surface area contributed by atoms with E-state index in [0.717, 1.165) is 11.2 Å². The van der Waals surface area contributed by atoms with E-state index in [1.54, 1.807) is 0 Å². The number of benzene rings is 1. The van der Waals surface area contributed by atoms with Gasteiger partial charge in [-0.15, -0.1) is 0 Å². The highest BCUT2D eigenvalue weighted by molar-refractivity contribution is 5.98. The number of nitrogens with two attached hydrogens (primary N) is 1. The molecule has 0 unspecified atom stereocenters. The summed E-state index contributed by atoms with van der Waals surface area (Å²) in [5.41, 5.74) is 9.65. The monoisotopic (exact) mass is 253 g/mol. The Labute approximate surface area is 113 Å². The lowest BCUT2D eigenvalue weighted by molar-refractivity contribution is 0.222. The van der Waals surface area contributed by atoms with Gasteiger partial charge >= 0.3 is 0 Å². The van der Waals surface area contributed by atoms with Crippen LogP contribution in [0.1, 0.15) is 25.7 Å². The number of fused-ring (bicyclic) bond motifs is 1. The number of pyridine rings is 1. The van der Waals surface area contributed by atoms with Crippen molar-refractivity contribution in [3.63, 3.8) is 0 Å². The summed E-state index contributed by atoms with van der Waals surface area (Å²) in [6.07, 6.45) is 7.47. The van der Waals surface area contributed by atoms with Crippen LogP contribution in [-0.4, -0.2) is 18.1 Å². The van der Waals surface area contributed by atoms with Crippen molar-refractivity contribution in [3.8, 4) is 0 Å². The summed E-state index contributed by atoms with van der Waals surface area (Å²) < 4.78 is 0. The molecule has 0 radical (unpaired) electrons. The highest BCUT2D eigenvalue weighted by Crippen LogP contribution is 2.48. The van der Waals surface area contributed by atoms with Crippen LogP contribution in [0, 0.1) is 5.41 Å². The molecule has 3 heteroatoms. The van der Waals surface area contributed by atoms with Crippen LogP contribution in [0.25, 0.3) is 10.9 Å². The van der Waals surface area contributed by atoms with Gasteiger partial charge in [0, 0.05) is 35.8 Å². The molecule has 1 saturated carbocycles. The fourth-order valence-electron chi connectivity index (χ4n) is 3.83. The van der Waals surface area contributed by atoms with Crippen molar-refractivity contribution in [1.29, 1.82) is 0 Å². The molecule has 2 aromatic rings. The predicted molar refractivity (Wildman–Crippen MR) is 79.3 cm³/mol. The number of rotatable bonds is 1. The molecule has 19 heavy (non-hydrogen) atoms. The average Bonchev–Trinajstić information content (AvgIpc) is 2.88. The third-order valence-electron chi connectivity index (χ3n) is 4.84. The van der Waals surface area contributed by atoms with E-state index in [2.05, 4.69) is 22.0 Å². The molecular weight excluding hydrogens is 234 g/mol. The largest absolute Gasteiger partial charge is 0.397 e. The van der Waals surface area contributed by atoms with Gasteiger partial charge in [0.2, 0.25) is 0 Å². The van der Waals surface area contributed by atoms with Gasteiger partial charge in [0.15, 0.2) is 0 Å². The van der Waals surface area contributed by atoms with Gasteiger partial charge in [0.1, 0.15) is 0 Å². The van der Waals surface area contributed by atoms with E-state index in [4.69, 9.17) is 5.73 Å². The molecule has 1 aliphatic heterocycles. The lowest BCUT2D eigenvalue weighted by Gasteiger charge is -2.50. The number of anilines is 2. The second kappa shape index (κ2) is 3.86. The zero-order valence-electron chi connectivity index (χ0n) is 11.1. The van der Waals surface area contributed by atoms with Crippen LogP contribution in [0.5, 0.6) is 0 Å². The van der Waals surface area contributed by atoms with Crippen LogP contribution in [0.3, 0.4) is 0 Å². The smallest absolute Gasteiger partial charge is 0.0951 e. The van der Waals surface area contributed by atoms with E-state index >= 15 is 0 Å². The van der Waals surface area contributed by atoms with E-state index in [9.17, 15) is 0 Å². The maximum absolute atomic E-state index is 6.02. The summed E-state index contributed by atoms with van der Waals surface area (Å²) in [5.74, 6) is 0. The number of hydrogen-bond donors (Lipinski definition) is 1. The molecule has 1 aromatic heterocycles. The van der Waals surface area contributed by atoms with Crippen LogP contribution in [-0.2, 0) is 0 Å². The third kappa shape index (κ3) is 1.61. The number of hydrogen-bond acceptors (Lipinski definition) is 3. The third-order valence-corrected chi connectivity index (χ3v) is 4.84. The van der Waals surface area contributed by atoms with Crippen molar-refractivity contribution in [2.75, 3.05) is 23.7 Å². The topological polar surface area (TPSA) is 42.1 Å². The van der Waals surface area contributed by atoms with Gasteiger partial charge in [-0.3, -0.25) is 4.98 Å². The molecule has 1 aromatic carbocycles. The highest BCUT2D eigenvalue weighted by Gasteiger charge is 2.44. The van der Waals surface area contributed by atoms with E-state index < -0.39 is 0 Å². The van der Waals surface area contributed by atoms with Crippen molar-refractivity contribution in [2.45, 2.75) is 25.7 Å². The molecule has 98 valence electrons. The number of aromatic nitrogens is 1. The number of nitrogen functional groups attached to an aromatic ring is 1. The standard InChI is InChI=1S/C16H19N3/c17-13-5-6-14(12-4-3-9-18-15(12)13)19-10-16(11-19)7-1-2-8-16/h3-6,9H,1-2,7-8,10-11,17H2. The van der Waals surface area contributed by atoms with E-state index in [-0.39, 0.29) is 0 Å². The normalized spacial score (nSPS) is 20.9. The van der Waals surface area contributed by atoms with Gasteiger partial charge in [-0.2, -0.15) is 0 Å². The minimum Gasteiger partial charge on any atom is -0.397 e. The average molecular weight is 253 g/mol. The lowest BCUT2D eigenvalue weighted by Crippen LogP contribution is -2.55. The predicted octanol–water partition coefficient (Wildman–Crippen LogP) is 3.20. The second-order valence-corrected chi connectivity index (χ2v) is 6.14. The first-order chi connectivity index (χ1) is 9.27. The molecule has 3 nitrogen and oxygen atoms in total. The second-order valence-electron chi connectivity index (χ2n) is 6.14. The van der Waals surface area contributed by atoms with E-state index in [1.165, 1.54) is 49.8 Å². The van der Waals surface area contributed by atoms with Crippen LogP contribution in [0.4, 0.5) is 11.4 Å². The fourth-order valence-corrected chi connectivity index (χ4v) is 3.83. The Morgan fingerprint density at radius 3 is 2.68 bits per heavy atom. The van der Waals surface area contributed by atoms with Gasteiger partial charge in [0.05, 0.1) is 11.2 Å². The van der Waals surface area contributed by atoms with Gasteiger partial charge in [-0.1, -0.05) is 12.8 Å². The Hall–Kier alpha value is -1.77. The van der Waals surface area contributed by atoms with Crippen LogP contribution >= 0.6 is 0 Å².